The molecule has 2 unspecified atom stereocenters. The molecule has 3 rings (SSSR count). The molecule has 2 aromatic heterocycles. The maximum atomic E-state index is 11.8. The van der Waals surface area contributed by atoms with Gasteiger partial charge in [0.2, 0.25) is 0 Å². The first-order valence-electron chi connectivity index (χ1n) is 7.08. The molecule has 7 heteroatoms. The minimum Gasteiger partial charge on any atom is -0.468 e. The molecule has 3 heterocycles. The van der Waals surface area contributed by atoms with Gasteiger partial charge in [0.15, 0.2) is 9.84 Å². The molecule has 0 bridgehead atoms. The van der Waals surface area contributed by atoms with Gasteiger partial charge < -0.3 is 9.52 Å². The quantitative estimate of drug-likeness (QED) is 0.878. The number of sulfone groups is 1. The molecule has 6 nitrogen and oxygen atoms in total. The molecule has 0 aromatic carbocycles. The Kier molecular flexibility index (Phi) is 4.28. The van der Waals surface area contributed by atoms with E-state index >= 15 is 0 Å². The van der Waals surface area contributed by atoms with Crippen LogP contribution in [0.3, 0.4) is 0 Å². The van der Waals surface area contributed by atoms with Gasteiger partial charge in [-0.2, -0.15) is 0 Å². The standard InChI is InChI=1S/C15H18N2O4S/c18-15-11-22(19,20)10-14(15)17(9-13-5-3-7-21-13)8-12-4-1-2-6-16-12/h1-7,14-15,18H,8-11H2. The van der Waals surface area contributed by atoms with E-state index in [0.29, 0.717) is 13.1 Å². The van der Waals surface area contributed by atoms with Crippen molar-refractivity contribution in [1.82, 2.24) is 9.88 Å². The van der Waals surface area contributed by atoms with Crippen molar-refractivity contribution in [2.75, 3.05) is 11.5 Å². The molecule has 2 aromatic rings. The van der Waals surface area contributed by atoms with Gasteiger partial charge in [0, 0.05) is 12.7 Å². The van der Waals surface area contributed by atoms with Crippen LogP contribution in [0.1, 0.15) is 11.5 Å². The molecule has 1 saturated heterocycles. The third-order valence-corrected chi connectivity index (χ3v) is 5.49. The van der Waals surface area contributed by atoms with Crippen LogP contribution in [0.5, 0.6) is 0 Å². The van der Waals surface area contributed by atoms with Crippen molar-refractivity contribution >= 4 is 9.84 Å². The van der Waals surface area contributed by atoms with E-state index in [1.807, 2.05) is 29.2 Å². The summed E-state index contributed by atoms with van der Waals surface area (Å²) in [4.78, 5) is 6.19. The minimum atomic E-state index is -3.20. The third kappa shape index (κ3) is 3.55. The third-order valence-electron chi connectivity index (χ3n) is 3.79. The van der Waals surface area contributed by atoms with Crippen molar-refractivity contribution in [3.8, 4) is 0 Å². The number of aliphatic hydroxyl groups is 1. The summed E-state index contributed by atoms with van der Waals surface area (Å²) in [6.07, 6.45) is 2.39. The Balaban J connectivity index is 1.82. The van der Waals surface area contributed by atoms with E-state index in [1.54, 1.807) is 18.5 Å². The predicted octanol–water partition coefficient (Wildman–Crippen LogP) is 0.835. The van der Waals surface area contributed by atoms with E-state index in [-0.39, 0.29) is 11.5 Å². The van der Waals surface area contributed by atoms with Gasteiger partial charge in [-0.3, -0.25) is 9.88 Å². The molecule has 1 N–H and O–H groups in total. The van der Waals surface area contributed by atoms with E-state index < -0.39 is 22.0 Å². The van der Waals surface area contributed by atoms with Crippen molar-refractivity contribution in [1.29, 1.82) is 0 Å². The number of aromatic nitrogens is 1. The Morgan fingerprint density at radius 2 is 2.09 bits per heavy atom. The summed E-state index contributed by atoms with van der Waals surface area (Å²) in [6.45, 7) is 0.888. The molecular weight excluding hydrogens is 304 g/mol. The van der Waals surface area contributed by atoms with Crippen LogP contribution in [-0.2, 0) is 22.9 Å². The number of rotatable bonds is 5. The Bertz CT molecular complexity index is 700. The number of nitrogens with zero attached hydrogens (tertiary/aromatic N) is 2. The average Bonchev–Trinajstić information content (AvgIpc) is 3.06. The van der Waals surface area contributed by atoms with Gasteiger partial charge in [-0.05, 0) is 24.3 Å². The van der Waals surface area contributed by atoms with E-state index in [0.717, 1.165) is 11.5 Å². The Hall–Kier alpha value is -1.70. The van der Waals surface area contributed by atoms with Crippen molar-refractivity contribution in [3.05, 3.63) is 54.2 Å². The number of furan rings is 1. The lowest BCUT2D eigenvalue weighted by molar-refractivity contribution is 0.0678. The lowest BCUT2D eigenvalue weighted by Crippen LogP contribution is -2.42. The van der Waals surface area contributed by atoms with Crippen LogP contribution in [-0.4, -0.2) is 47.1 Å². The highest BCUT2D eigenvalue weighted by Gasteiger charge is 2.40. The molecule has 0 amide bonds. The Labute approximate surface area is 129 Å². The number of aliphatic hydroxyl groups excluding tert-OH is 1. The lowest BCUT2D eigenvalue weighted by Gasteiger charge is -2.29. The van der Waals surface area contributed by atoms with Crippen molar-refractivity contribution < 1.29 is 17.9 Å². The second kappa shape index (κ2) is 6.20. The van der Waals surface area contributed by atoms with Gasteiger partial charge >= 0.3 is 0 Å². The predicted molar refractivity (Wildman–Crippen MR) is 80.6 cm³/mol. The second-order valence-corrected chi connectivity index (χ2v) is 7.67. The normalized spacial score (nSPS) is 23.9. The van der Waals surface area contributed by atoms with Gasteiger partial charge in [0.1, 0.15) is 5.76 Å². The van der Waals surface area contributed by atoms with Crippen LogP contribution in [0.15, 0.2) is 47.2 Å². The first-order chi connectivity index (χ1) is 10.5. The molecule has 22 heavy (non-hydrogen) atoms. The molecule has 118 valence electrons. The summed E-state index contributed by atoms with van der Waals surface area (Å²) in [7, 11) is -3.20. The van der Waals surface area contributed by atoms with Gasteiger partial charge in [0.05, 0.1) is 42.2 Å². The summed E-state index contributed by atoms with van der Waals surface area (Å²) in [5, 5.41) is 10.1. The summed E-state index contributed by atoms with van der Waals surface area (Å²) in [5.41, 5.74) is 0.825. The maximum absolute atomic E-state index is 11.8. The summed E-state index contributed by atoms with van der Waals surface area (Å²) >= 11 is 0. The molecule has 1 aliphatic heterocycles. The molecule has 1 fully saturated rings. The van der Waals surface area contributed by atoms with Crippen LogP contribution in [0, 0.1) is 0 Å². The highest BCUT2D eigenvalue weighted by molar-refractivity contribution is 7.91. The molecule has 0 saturated carbocycles. The molecule has 0 aliphatic carbocycles. The van der Waals surface area contributed by atoms with Crippen LogP contribution in [0.4, 0.5) is 0 Å². The average molecular weight is 322 g/mol. The number of hydrogen-bond donors (Lipinski definition) is 1. The monoisotopic (exact) mass is 322 g/mol. The van der Waals surface area contributed by atoms with Gasteiger partial charge in [-0.25, -0.2) is 8.42 Å². The minimum absolute atomic E-state index is 0.0400. The largest absolute Gasteiger partial charge is 0.468 e. The molecule has 1 aliphatic rings. The number of hydrogen-bond acceptors (Lipinski definition) is 6. The summed E-state index contributed by atoms with van der Waals surface area (Å²) < 4.78 is 28.9. The summed E-state index contributed by atoms with van der Waals surface area (Å²) in [6, 6.07) is 8.77. The highest BCUT2D eigenvalue weighted by atomic mass is 32.2. The summed E-state index contributed by atoms with van der Waals surface area (Å²) in [5.74, 6) is 0.503. The van der Waals surface area contributed by atoms with Crippen molar-refractivity contribution in [3.63, 3.8) is 0 Å². The fraction of sp³-hybridized carbons (Fsp3) is 0.400. The van der Waals surface area contributed by atoms with Crippen LogP contribution >= 0.6 is 0 Å². The van der Waals surface area contributed by atoms with E-state index in [9.17, 15) is 13.5 Å². The second-order valence-electron chi connectivity index (χ2n) is 5.52. The zero-order valence-corrected chi connectivity index (χ0v) is 12.8. The van der Waals surface area contributed by atoms with Gasteiger partial charge in [0.25, 0.3) is 0 Å². The molecule has 0 radical (unpaired) electrons. The SMILES string of the molecule is O=S1(=O)CC(O)C(N(Cc2ccccn2)Cc2ccco2)C1. The fourth-order valence-corrected chi connectivity index (χ4v) is 4.58. The van der Waals surface area contributed by atoms with Crippen LogP contribution < -0.4 is 0 Å². The van der Waals surface area contributed by atoms with Crippen LogP contribution in [0.25, 0.3) is 0 Å². The smallest absolute Gasteiger partial charge is 0.154 e. The Morgan fingerprint density at radius 1 is 1.23 bits per heavy atom. The number of pyridine rings is 1. The van der Waals surface area contributed by atoms with E-state index in [4.69, 9.17) is 4.42 Å². The topological polar surface area (TPSA) is 83.6 Å². The fourth-order valence-electron chi connectivity index (χ4n) is 2.75. The van der Waals surface area contributed by atoms with E-state index in [1.165, 1.54) is 0 Å². The maximum Gasteiger partial charge on any atom is 0.154 e. The Morgan fingerprint density at radius 3 is 2.68 bits per heavy atom. The van der Waals surface area contributed by atoms with Gasteiger partial charge in [-0.1, -0.05) is 6.07 Å². The molecular formula is C15H18N2O4S. The highest BCUT2D eigenvalue weighted by Crippen LogP contribution is 2.22. The van der Waals surface area contributed by atoms with Crippen molar-refractivity contribution in [2.45, 2.75) is 25.2 Å². The molecule has 2 atom stereocenters. The lowest BCUT2D eigenvalue weighted by atomic mass is 10.1. The van der Waals surface area contributed by atoms with Crippen LogP contribution in [0.2, 0.25) is 0 Å². The molecule has 0 spiro atoms. The van der Waals surface area contributed by atoms with Gasteiger partial charge in [-0.15, -0.1) is 0 Å². The zero-order valence-electron chi connectivity index (χ0n) is 12.0. The van der Waals surface area contributed by atoms with E-state index in [2.05, 4.69) is 4.98 Å². The zero-order chi connectivity index (χ0) is 15.6. The van der Waals surface area contributed by atoms with Crippen molar-refractivity contribution in [2.24, 2.45) is 0 Å². The first-order valence-corrected chi connectivity index (χ1v) is 8.90. The first kappa shape index (κ1) is 15.2.